The second-order valence-corrected chi connectivity index (χ2v) is 8.18. The highest BCUT2D eigenvalue weighted by molar-refractivity contribution is 8.08. The number of ether oxygens (including phenoxy) is 1. The predicted molar refractivity (Wildman–Crippen MR) is 123 cm³/mol. The first-order valence-corrected chi connectivity index (χ1v) is 10.8. The Labute approximate surface area is 192 Å². The van der Waals surface area contributed by atoms with E-state index >= 15 is 0 Å². The molecule has 0 saturated carbocycles. The quantitative estimate of drug-likeness (QED) is 0.293. The summed E-state index contributed by atoms with van der Waals surface area (Å²) in [5.74, 6) is 1.26. The summed E-state index contributed by atoms with van der Waals surface area (Å²) in [6.45, 7) is 2.18. The minimum absolute atomic E-state index is 0.170. The summed E-state index contributed by atoms with van der Waals surface area (Å²) < 4.78 is 12.9. The number of fused-ring (bicyclic) bond motifs is 1. The molecule has 2 aromatic heterocycles. The molecular formula is C23H17N5O4S. The van der Waals surface area contributed by atoms with Crippen molar-refractivity contribution in [1.29, 1.82) is 0 Å². The van der Waals surface area contributed by atoms with Gasteiger partial charge in [0.05, 0.1) is 16.7 Å². The van der Waals surface area contributed by atoms with E-state index in [0.717, 1.165) is 11.1 Å². The van der Waals surface area contributed by atoms with Crippen molar-refractivity contribution < 1.29 is 14.1 Å². The normalized spacial score (nSPS) is 13.0. The number of benzene rings is 2. The van der Waals surface area contributed by atoms with Crippen LogP contribution in [0.3, 0.4) is 0 Å². The van der Waals surface area contributed by atoms with Gasteiger partial charge in [0.15, 0.2) is 5.82 Å². The van der Waals surface area contributed by atoms with Gasteiger partial charge in [-0.25, -0.2) is 0 Å². The molecule has 33 heavy (non-hydrogen) atoms. The molecule has 9 nitrogen and oxygen atoms in total. The molecule has 1 aliphatic rings. The SMILES string of the molecule is Cc1ccc(OCc2nnc3n2N=C(c2ccccc2)C=C(c2ccc([N+](=O)[O-])o2)S3)cc1. The Bertz CT molecular complexity index is 1370. The van der Waals surface area contributed by atoms with Gasteiger partial charge in [0.25, 0.3) is 0 Å². The number of hydrogen-bond acceptors (Lipinski definition) is 8. The zero-order valence-electron chi connectivity index (χ0n) is 17.4. The number of furan rings is 1. The molecular weight excluding hydrogens is 442 g/mol. The third-order valence-electron chi connectivity index (χ3n) is 4.83. The maximum Gasteiger partial charge on any atom is 0.433 e. The molecule has 2 aromatic carbocycles. The van der Waals surface area contributed by atoms with E-state index in [1.54, 1.807) is 10.7 Å². The molecule has 0 spiro atoms. The number of nitro groups is 1. The van der Waals surface area contributed by atoms with Gasteiger partial charge in [-0.1, -0.05) is 48.0 Å². The molecule has 0 bridgehead atoms. The second-order valence-electron chi connectivity index (χ2n) is 7.17. The lowest BCUT2D eigenvalue weighted by atomic mass is 10.1. The van der Waals surface area contributed by atoms with E-state index in [0.29, 0.717) is 33.1 Å². The van der Waals surface area contributed by atoms with Crippen LogP contribution in [0.1, 0.15) is 22.7 Å². The van der Waals surface area contributed by atoms with Crippen molar-refractivity contribution in [1.82, 2.24) is 14.9 Å². The molecule has 10 heteroatoms. The lowest BCUT2D eigenvalue weighted by Crippen LogP contribution is -2.07. The van der Waals surface area contributed by atoms with E-state index in [-0.39, 0.29) is 12.5 Å². The Kier molecular flexibility index (Phi) is 5.49. The first-order valence-electron chi connectivity index (χ1n) is 9.99. The van der Waals surface area contributed by atoms with Gasteiger partial charge in [-0.05, 0) is 43.0 Å². The summed E-state index contributed by atoms with van der Waals surface area (Å²) in [6, 6.07) is 20.2. The fourth-order valence-electron chi connectivity index (χ4n) is 3.15. The molecule has 0 unspecified atom stereocenters. The van der Waals surface area contributed by atoms with Gasteiger partial charge < -0.3 is 9.15 Å². The van der Waals surface area contributed by atoms with Crippen molar-refractivity contribution in [3.8, 4) is 5.75 Å². The summed E-state index contributed by atoms with van der Waals surface area (Å²) in [5, 5.41) is 24.9. The standard InChI is InChI=1S/C23H17N5O4S/c1-15-7-9-17(10-8-15)31-14-21-24-25-23-27(21)26-18(16-5-3-2-4-6-16)13-20(33-23)19-11-12-22(32-19)28(29)30/h2-13H,14H2,1H3. The minimum atomic E-state index is -0.569. The molecule has 0 fully saturated rings. The molecule has 5 rings (SSSR count). The molecule has 0 amide bonds. The lowest BCUT2D eigenvalue weighted by Gasteiger charge is -2.07. The second kappa shape index (κ2) is 8.75. The Morgan fingerprint density at radius 1 is 1.06 bits per heavy atom. The first kappa shape index (κ1) is 20.7. The highest BCUT2D eigenvalue weighted by Crippen LogP contribution is 2.38. The van der Waals surface area contributed by atoms with Crippen LogP contribution in [0.5, 0.6) is 5.75 Å². The van der Waals surface area contributed by atoms with Crippen LogP contribution in [0.15, 0.2) is 87.5 Å². The van der Waals surface area contributed by atoms with Crippen LogP contribution in [0.4, 0.5) is 5.88 Å². The van der Waals surface area contributed by atoms with Crippen LogP contribution >= 0.6 is 11.8 Å². The fourth-order valence-corrected chi connectivity index (χ4v) is 4.04. The number of nitrogens with zero attached hydrogens (tertiary/aromatic N) is 5. The van der Waals surface area contributed by atoms with Crippen LogP contribution in [0.2, 0.25) is 0 Å². The van der Waals surface area contributed by atoms with Crippen LogP contribution < -0.4 is 4.74 Å². The summed E-state index contributed by atoms with van der Waals surface area (Å²) >= 11 is 1.26. The van der Waals surface area contributed by atoms with Crippen LogP contribution in [-0.4, -0.2) is 25.5 Å². The number of rotatable bonds is 6. The topological polar surface area (TPSA) is 109 Å². The van der Waals surface area contributed by atoms with Crippen LogP contribution in [-0.2, 0) is 6.61 Å². The highest BCUT2D eigenvalue weighted by atomic mass is 32.2. The zero-order chi connectivity index (χ0) is 22.8. The third kappa shape index (κ3) is 4.41. The van der Waals surface area contributed by atoms with E-state index < -0.39 is 4.92 Å². The van der Waals surface area contributed by atoms with Gasteiger partial charge in [-0.15, -0.1) is 10.2 Å². The van der Waals surface area contributed by atoms with Gasteiger partial charge in [0, 0.05) is 5.56 Å². The van der Waals surface area contributed by atoms with Crippen molar-refractivity contribution in [2.75, 3.05) is 0 Å². The highest BCUT2D eigenvalue weighted by Gasteiger charge is 2.23. The molecule has 0 atom stereocenters. The van der Waals surface area contributed by atoms with Crippen molar-refractivity contribution in [2.24, 2.45) is 5.10 Å². The summed E-state index contributed by atoms with van der Waals surface area (Å²) in [7, 11) is 0. The van der Waals surface area contributed by atoms with E-state index in [2.05, 4.69) is 10.2 Å². The van der Waals surface area contributed by atoms with Crippen molar-refractivity contribution in [3.63, 3.8) is 0 Å². The maximum absolute atomic E-state index is 11.1. The third-order valence-corrected chi connectivity index (χ3v) is 5.80. The van der Waals surface area contributed by atoms with E-state index in [1.807, 2.05) is 67.6 Å². The van der Waals surface area contributed by atoms with E-state index in [9.17, 15) is 10.1 Å². The Morgan fingerprint density at radius 2 is 1.85 bits per heavy atom. The van der Waals surface area contributed by atoms with Gasteiger partial charge in [-0.3, -0.25) is 10.1 Å². The van der Waals surface area contributed by atoms with E-state index in [4.69, 9.17) is 14.3 Å². The smallest absolute Gasteiger partial charge is 0.433 e. The van der Waals surface area contributed by atoms with Crippen LogP contribution in [0, 0.1) is 17.0 Å². The fraction of sp³-hybridized carbons (Fsp3) is 0.0870. The number of aryl methyl sites for hydroxylation is 1. The number of hydrogen-bond donors (Lipinski definition) is 0. The average molecular weight is 459 g/mol. The van der Waals surface area contributed by atoms with Crippen molar-refractivity contribution >= 4 is 28.3 Å². The lowest BCUT2D eigenvalue weighted by molar-refractivity contribution is -0.402. The van der Waals surface area contributed by atoms with Crippen molar-refractivity contribution in [3.05, 3.63) is 106 Å². The summed E-state index contributed by atoms with van der Waals surface area (Å²) in [4.78, 5) is 11.1. The molecule has 0 aliphatic carbocycles. The largest absolute Gasteiger partial charge is 0.486 e. The average Bonchev–Trinajstić information content (AvgIpc) is 3.42. The summed E-state index contributed by atoms with van der Waals surface area (Å²) in [6.07, 6.45) is 1.82. The maximum atomic E-state index is 11.1. The predicted octanol–water partition coefficient (Wildman–Crippen LogP) is 5.07. The summed E-state index contributed by atoms with van der Waals surface area (Å²) in [5.41, 5.74) is 2.64. The number of allylic oxidation sites excluding steroid dienone is 1. The number of thioether (sulfide) groups is 1. The Morgan fingerprint density at radius 3 is 2.58 bits per heavy atom. The molecule has 0 radical (unpaired) electrons. The Balaban J connectivity index is 1.51. The molecule has 0 N–H and O–H groups in total. The van der Waals surface area contributed by atoms with Gasteiger partial charge in [-0.2, -0.15) is 9.78 Å². The molecule has 0 saturated heterocycles. The monoisotopic (exact) mass is 459 g/mol. The molecule has 1 aliphatic heterocycles. The Hall–Kier alpha value is -4.18. The van der Waals surface area contributed by atoms with Crippen LogP contribution in [0.25, 0.3) is 4.91 Å². The molecule has 3 heterocycles. The first-order chi connectivity index (χ1) is 16.1. The zero-order valence-corrected chi connectivity index (χ0v) is 18.2. The van der Waals surface area contributed by atoms with Crippen molar-refractivity contribution in [2.45, 2.75) is 18.7 Å². The minimum Gasteiger partial charge on any atom is -0.486 e. The van der Waals surface area contributed by atoms with Gasteiger partial charge >= 0.3 is 5.88 Å². The van der Waals surface area contributed by atoms with Gasteiger partial charge in [0.1, 0.15) is 23.0 Å². The van der Waals surface area contributed by atoms with Gasteiger partial charge in [0.2, 0.25) is 5.16 Å². The number of aromatic nitrogens is 3. The van der Waals surface area contributed by atoms with E-state index in [1.165, 1.54) is 17.8 Å². The molecule has 4 aromatic rings. The molecule has 164 valence electrons.